The summed E-state index contributed by atoms with van der Waals surface area (Å²) in [5.74, 6) is -0.521. The molecule has 0 fully saturated rings. The fourth-order valence-electron chi connectivity index (χ4n) is 3.06. The number of carbonyl (C=O) groups excluding carboxylic acids is 1. The molecule has 0 aliphatic heterocycles. The second-order valence-corrected chi connectivity index (χ2v) is 5.79. The van der Waals surface area contributed by atoms with Crippen LogP contribution in [0.3, 0.4) is 0 Å². The molecule has 0 saturated heterocycles. The maximum atomic E-state index is 13.3. The zero-order valence-corrected chi connectivity index (χ0v) is 13.2. The van der Waals surface area contributed by atoms with E-state index in [1.165, 1.54) is 4.68 Å². The van der Waals surface area contributed by atoms with E-state index in [0.29, 0.717) is 36.3 Å². The molecular weight excluding hydrogens is 333 g/mol. The topological polar surface area (TPSA) is 70.7 Å². The molecule has 0 unspecified atom stereocenters. The maximum Gasteiger partial charge on any atom is 0.435 e. The van der Waals surface area contributed by atoms with Crippen molar-refractivity contribution in [2.75, 3.05) is 5.32 Å². The van der Waals surface area contributed by atoms with E-state index in [1.54, 1.807) is 30.3 Å². The van der Waals surface area contributed by atoms with Crippen molar-refractivity contribution in [3.8, 4) is 11.8 Å². The Kier molecular flexibility index (Phi) is 4.49. The molecule has 1 aromatic heterocycles. The van der Waals surface area contributed by atoms with Crippen molar-refractivity contribution in [1.29, 1.82) is 5.26 Å². The summed E-state index contributed by atoms with van der Waals surface area (Å²) in [7, 11) is 0. The Morgan fingerprint density at radius 1 is 1.28 bits per heavy atom. The predicted molar refractivity (Wildman–Crippen MR) is 84.1 cm³/mol. The smallest absolute Gasteiger partial charge is 0.323 e. The van der Waals surface area contributed by atoms with Crippen molar-refractivity contribution in [2.24, 2.45) is 0 Å². The van der Waals surface area contributed by atoms with Crippen LogP contribution in [0.15, 0.2) is 24.3 Å². The van der Waals surface area contributed by atoms with Crippen LogP contribution in [0.5, 0.6) is 0 Å². The average Bonchev–Trinajstić information content (AvgIpc) is 2.95. The van der Waals surface area contributed by atoms with Gasteiger partial charge in [0.1, 0.15) is 6.42 Å². The van der Waals surface area contributed by atoms with Gasteiger partial charge in [-0.25, -0.2) is 4.68 Å². The summed E-state index contributed by atoms with van der Waals surface area (Å²) in [4.78, 5) is 11.7. The summed E-state index contributed by atoms with van der Waals surface area (Å²) >= 11 is 0. The van der Waals surface area contributed by atoms with E-state index in [-0.39, 0.29) is 12.0 Å². The minimum Gasteiger partial charge on any atom is -0.323 e. The SMILES string of the molecule is N#CCC(=O)Nc1ccccc1-n1nc(C(F)(F)F)c2c1CCCC2. The number of nitriles is 1. The van der Waals surface area contributed by atoms with Gasteiger partial charge in [0.15, 0.2) is 5.69 Å². The number of anilines is 1. The van der Waals surface area contributed by atoms with E-state index < -0.39 is 17.8 Å². The summed E-state index contributed by atoms with van der Waals surface area (Å²) in [6.45, 7) is 0. The molecule has 1 N–H and O–H groups in total. The predicted octanol–water partition coefficient (Wildman–Crippen LogP) is 3.62. The monoisotopic (exact) mass is 348 g/mol. The van der Waals surface area contributed by atoms with Crippen molar-refractivity contribution in [3.05, 3.63) is 41.2 Å². The lowest BCUT2D eigenvalue weighted by Gasteiger charge is -2.16. The number of para-hydroxylation sites is 2. The number of benzene rings is 1. The summed E-state index contributed by atoms with van der Waals surface area (Å²) in [5, 5.41) is 15.0. The Balaban J connectivity index is 2.10. The van der Waals surface area contributed by atoms with Gasteiger partial charge < -0.3 is 5.32 Å². The van der Waals surface area contributed by atoms with Gasteiger partial charge in [-0.1, -0.05) is 12.1 Å². The van der Waals surface area contributed by atoms with Crippen LogP contribution in [-0.2, 0) is 23.8 Å². The second-order valence-electron chi connectivity index (χ2n) is 5.79. The molecule has 25 heavy (non-hydrogen) atoms. The number of aromatic nitrogens is 2. The van der Waals surface area contributed by atoms with E-state index in [9.17, 15) is 18.0 Å². The first-order valence-electron chi connectivity index (χ1n) is 7.86. The normalized spacial score (nSPS) is 13.8. The quantitative estimate of drug-likeness (QED) is 0.921. The average molecular weight is 348 g/mol. The van der Waals surface area contributed by atoms with Gasteiger partial charge in [0, 0.05) is 11.3 Å². The zero-order chi connectivity index (χ0) is 18.0. The van der Waals surface area contributed by atoms with Gasteiger partial charge in [-0.15, -0.1) is 0 Å². The second kappa shape index (κ2) is 6.59. The van der Waals surface area contributed by atoms with Crippen molar-refractivity contribution >= 4 is 11.6 Å². The van der Waals surface area contributed by atoms with Crippen LogP contribution in [0, 0.1) is 11.3 Å². The number of amides is 1. The zero-order valence-electron chi connectivity index (χ0n) is 13.2. The first-order chi connectivity index (χ1) is 11.9. The van der Waals surface area contributed by atoms with Crippen LogP contribution in [0.25, 0.3) is 5.69 Å². The highest BCUT2D eigenvalue weighted by Gasteiger charge is 2.39. The molecule has 0 bridgehead atoms. The minimum absolute atomic E-state index is 0.233. The van der Waals surface area contributed by atoms with Gasteiger partial charge in [0.2, 0.25) is 5.91 Å². The largest absolute Gasteiger partial charge is 0.435 e. The highest BCUT2D eigenvalue weighted by atomic mass is 19.4. The summed E-state index contributed by atoms with van der Waals surface area (Å²) < 4.78 is 41.3. The Hall–Kier alpha value is -2.82. The van der Waals surface area contributed by atoms with Crippen molar-refractivity contribution in [1.82, 2.24) is 9.78 Å². The fourth-order valence-corrected chi connectivity index (χ4v) is 3.06. The molecule has 0 saturated carbocycles. The van der Waals surface area contributed by atoms with Gasteiger partial charge in [-0.05, 0) is 37.8 Å². The van der Waals surface area contributed by atoms with Crippen molar-refractivity contribution in [3.63, 3.8) is 0 Å². The van der Waals surface area contributed by atoms with E-state index >= 15 is 0 Å². The molecule has 1 heterocycles. The van der Waals surface area contributed by atoms with E-state index in [4.69, 9.17) is 5.26 Å². The minimum atomic E-state index is -4.52. The molecule has 0 radical (unpaired) electrons. The van der Waals surface area contributed by atoms with Crippen LogP contribution >= 0.6 is 0 Å². The third-order valence-corrected chi connectivity index (χ3v) is 4.09. The van der Waals surface area contributed by atoms with Crippen LogP contribution in [0.4, 0.5) is 18.9 Å². The molecule has 5 nitrogen and oxygen atoms in total. The highest BCUT2D eigenvalue weighted by Crippen LogP contribution is 2.37. The lowest BCUT2D eigenvalue weighted by Crippen LogP contribution is -2.14. The van der Waals surface area contributed by atoms with Crippen molar-refractivity contribution < 1.29 is 18.0 Å². The Morgan fingerprint density at radius 2 is 2.00 bits per heavy atom. The number of halogens is 3. The summed E-state index contributed by atoms with van der Waals surface area (Å²) in [6.07, 6.45) is -2.53. The van der Waals surface area contributed by atoms with Crippen LogP contribution in [0.1, 0.15) is 36.2 Å². The number of hydrogen-bond donors (Lipinski definition) is 1. The van der Waals surface area contributed by atoms with Gasteiger partial charge >= 0.3 is 6.18 Å². The molecule has 8 heteroatoms. The van der Waals surface area contributed by atoms with Crippen LogP contribution in [-0.4, -0.2) is 15.7 Å². The number of carbonyl (C=O) groups is 1. The molecule has 130 valence electrons. The van der Waals surface area contributed by atoms with Gasteiger partial charge in [-0.3, -0.25) is 4.79 Å². The van der Waals surface area contributed by atoms with E-state index in [2.05, 4.69) is 10.4 Å². The molecule has 3 rings (SSSR count). The molecule has 1 amide bonds. The number of nitrogens with zero attached hydrogens (tertiary/aromatic N) is 3. The van der Waals surface area contributed by atoms with Gasteiger partial charge in [0.25, 0.3) is 0 Å². The fraction of sp³-hybridized carbons (Fsp3) is 0.353. The molecular formula is C17H15F3N4O. The Bertz CT molecular complexity index is 849. The molecule has 1 aliphatic rings. The number of nitrogens with one attached hydrogen (secondary N) is 1. The van der Waals surface area contributed by atoms with Crippen LogP contribution < -0.4 is 5.32 Å². The number of hydrogen-bond acceptors (Lipinski definition) is 3. The lowest BCUT2D eigenvalue weighted by atomic mass is 9.95. The van der Waals surface area contributed by atoms with Gasteiger partial charge in [-0.2, -0.15) is 23.5 Å². The first-order valence-corrected chi connectivity index (χ1v) is 7.86. The Labute approximate surface area is 142 Å². The van der Waals surface area contributed by atoms with Crippen LogP contribution in [0.2, 0.25) is 0 Å². The Morgan fingerprint density at radius 3 is 2.72 bits per heavy atom. The number of alkyl halides is 3. The maximum absolute atomic E-state index is 13.3. The third kappa shape index (κ3) is 3.36. The highest BCUT2D eigenvalue weighted by molar-refractivity contribution is 5.94. The molecule has 1 aromatic carbocycles. The summed E-state index contributed by atoms with van der Waals surface area (Å²) in [6, 6.07) is 8.24. The standard InChI is InChI=1S/C17H15F3N4O/c18-17(19,20)16-11-5-1-3-7-13(11)24(23-16)14-8-4-2-6-12(14)22-15(25)9-10-21/h2,4,6,8H,1,3,5,7,9H2,(H,22,25). The number of fused-ring (bicyclic) bond motifs is 1. The molecule has 0 spiro atoms. The van der Waals surface area contributed by atoms with Gasteiger partial charge in [0.05, 0.1) is 17.4 Å². The molecule has 0 atom stereocenters. The van der Waals surface area contributed by atoms with E-state index in [0.717, 1.165) is 6.42 Å². The number of rotatable bonds is 3. The third-order valence-electron chi connectivity index (χ3n) is 4.09. The van der Waals surface area contributed by atoms with E-state index in [1.807, 2.05) is 0 Å². The summed E-state index contributed by atoms with van der Waals surface area (Å²) in [5.41, 5.74) is 0.590. The first kappa shape index (κ1) is 17.0. The van der Waals surface area contributed by atoms with Crippen molar-refractivity contribution in [2.45, 2.75) is 38.3 Å². The molecule has 1 aliphatic carbocycles. The lowest BCUT2D eigenvalue weighted by molar-refractivity contribution is -0.142. The molecule has 2 aromatic rings.